The van der Waals surface area contributed by atoms with Crippen LogP contribution in [0.15, 0.2) is 54.9 Å². The number of halogens is 2. The molecule has 0 aliphatic rings. The third kappa shape index (κ3) is 3.28. The first-order valence-electron chi connectivity index (χ1n) is 7.62. The second-order valence-corrected chi connectivity index (χ2v) is 9.59. The van der Waals surface area contributed by atoms with Crippen LogP contribution in [0.5, 0.6) is 0 Å². The monoisotopic (exact) mass is 498 g/mol. The van der Waals surface area contributed by atoms with Crippen molar-refractivity contribution >= 4 is 75.1 Å². The van der Waals surface area contributed by atoms with Gasteiger partial charge in [-0.15, -0.1) is 0 Å². The number of nitrogens with zero attached hydrogens (tertiary/aromatic N) is 2. The number of benzene rings is 2. The topological polar surface area (TPSA) is 44.0 Å². The molecule has 0 bridgehead atoms. The molecule has 0 fully saturated rings. The second kappa shape index (κ2) is 6.83. The molecule has 4 aromatic rings. The van der Waals surface area contributed by atoms with Gasteiger partial charge in [0.1, 0.15) is 0 Å². The minimum absolute atomic E-state index is 0.0360. The van der Waals surface area contributed by atoms with E-state index >= 15 is 0 Å². The molecule has 128 valence electrons. The van der Waals surface area contributed by atoms with Gasteiger partial charge in [0.05, 0.1) is 20.2 Å². The summed E-state index contributed by atoms with van der Waals surface area (Å²) in [5.41, 5.74) is 0.0721. The van der Waals surface area contributed by atoms with Crippen molar-refractivity contribution in [1.29, 1.82) is 0 Å². The zero-order valence-corrected chi connectivity index (χ0v) is 17.7. The van der Waals surface area contributed by atoms with Crippen molar-refractivity contribution in [2.45, 2.75) is 19.5 Å². The van der Waals surface area contributed by atoms with Crippen LogP contribution in [0, 0.1) is 0 Å². The summed E-state index contributed by atoms with van der Waals surface area (Å²) in [6, 6.07) is 11.5. The normalized spacial score (nSPS) is 11.6. The van der Waals surface area contributed by atoms with Crippen LogP contribution >= 0.6 is 54.9 Å². The minimum atomic E-state index is 0.0360. The van der Waals surface area contributed by atoms with Crippen molar-refractivity contribution in [1.82, 2.24) is 7.91 Å². The first kappa shape index (κ1) is 17.2. The molecular weight excluding hydrogens is 488 g/mol. The van der Waals surface area contributed by atoms with Gasteiger partial charge in [0.2, 0.25) is 0 Å². The van der Waals surface area contributed by atoms with E-state index in [1.807, 2.05) is 36.4 Å². The third-order valence-corrected chi connectivity index (χ3v) is 7.17. The first-order chi connectivity index (χ1) is 12.0. The number of hydrogen-bond acceptors (Lipinski definition) is 4. The van der Waals surface area contributed by atoms with Gasteiger partial charge < -0.3 is 0 Å². The van der Waals surface area contributed by atoms with Gasteiger partial charge in [-0.25, -0.2) is 0 Å². The zero-order chi connectivity index (χ0) is 17.6. The van der Waals surface area contributed by atoms with Crippen LogP contribution in [0.1, 0.15) is 6.42 Å². The molecule has 2 aromatic carbocycles. The molecule has 0 saturated heterocycles. The average Bonchev–Trinajstić information content (AvgIpc) is 3.06. The van der Waals surface area contributed by atoms with E-state index in [0.29, 0.717) is 13.1 Å². The maximum atomic E-state index is 12.4. The molecule has 4 nitrogen and oxygen atoms in total. The highest BCUT2D eigenvalue weighted by molar-refractivity contribution is 9.10. The van der Waals surface area contributed by atoms with Gasteiger partial charge in [-0.2, -0.15) is 0 Å². The second-order valence-electron chi connectivity index (χ2n) is 5.63. The molecule has 0 amide bonds. The maximum Gasteiger partial charge on any atom is 0.268 e. The maximum absolute atomic E-state index is 12.4. The fourth-order valence-corrected chi connectivity index (χ4v) is 5.49. The summed E-state index contributed by atoms with van der Waals surface area (Å²) < 4.78 is 7.32. The highest BCUT2D eigenvalue weighted by Crippen LogP contribution is 2.23. The van der Waals surface area contributed by atoms with Gasteiger partial charge in [-0.1, -0.05) is 54.9 Å². The average molecular weight is 500 g/mol. The number of aryl methyl sites for hydroxylation is 2. The molecule has 0 N–H and O–H groups in total. The Labute approximate surface area is 167 Å². The fraction of sp³-hybridized carbons (Fsp3) is 0.176. The lowest BCUT2D eigenvalue weighted by Crippen LogP contribution is -2.17. The van der Waals surface area contributed by atoms with Gasteiger partial charge >= 0.3 is 0 Å². The molecule has 2 aromatic heterocycles. The van der Waals surface area contributed by atoms with E-state index in [1.54, 1.807) is 7.91 Å². The molecule has 0 radical (unpaired) electrons. The summed E-state index contributed by atoms with van der Waals surface area (Å²) in [6.07, 6.45) is 0.738. The van der Waals surface area contributed by atoms with Crippen LogP contribution in [0.2, 0.25) is 0 Å². The SMILES string of the molecule is O=c1c2cc(Br)ccc2sn1CCCn1sc2ccc(Br)cc2c1=O. The molecule has 0 spiro atoms. The first-order valence-corrected chi connectivity index (χ1v) is 10.7. The van der Waals surface area contributed by atoms with Gasteiger partial charge in [0, 0.05) is 22.0 Å². The summed E-state index contributed by atoms with van der Waals surface area (Å²) >= 11 is 9.75. The van der Waals surface area contributed by atoms with Crippen molar-refractivity contribution in [2.75, 3.05) is 0 Å². The number of aromatic nitrogens is 2. The smallest absolute Gasteiger partial charge is 0.268 e. The zero-order valence-electron chi connectivity index (χ0n) is 12.9. The van der Waals surface area contributed by atoms with Crippen molar-refractivity contribution in [2.24, 2.45) is 0 Å². The lowest BCUT2D eigenvalue weighted by atomic mass is 10.3. The Hall–Kier alpha value is -1.22. The standard InChI is InChI=1S/C17H12Br2N2O2S2/c18-10-2-4-14-12(8-10)16(22)20(24-14)6-1-7-21-17(23)13-9-11(19)3-5-15(13)25-21/h2-5,8-9H,1,6-7H2. The quantitative estimate of drug-likeness (QED) is 0.394. The van der Waals surface area contributed by atoms with E-state index < -0.39 is 0 Å². The van der Waals surface area contributed by atoms with Crippen molar-refractivity contribution in [3.63, 3.8) is 0 Å². The van der Waals surface area contributed by atoms with Gasteiger partial charge in [0.15, 0.2) is 0 Å². The van der Waals surface area contributed by atoms with Gasteiger partial charge in [0.25, 0.3) is 11.1 Å². The molecule has 0 saturated carbocycles. The van der Waals surface area contributed by atoms with E-state index in [4.69, 9.17) is 0 Å². The summed E-state index contributed by atoms with van der Waals surface area (Å²) in [7, 11) is 0. The number of hydrogen-bond donors (Lipinski definition) is 0. The van der Waals surface area contributed by atoms with Crippen LogP contribution in [-0.2, 0) is 13.1 Å². The van der Waals surface area contributed by atoms with Crippen LogP contribution in [-0.4, -0.2) is 7.91 Å². The Morgan fingerprint density at radius 3 is 1.64 bits per heavy atom. The Morgan fingerprint density at radius 2 is 1.20 bits per heavy atom. The Bertz CT molecular complexity index is 1110. The molecule has 4 rings (SSSR count). The highest BCUT2D eigenvalue weighted by atomic mass is 79.9. The van der Waals surface area contributed by atoms with E-state index in [-0.39, 0.29) is 11.1 Å². The molecule has 0 aliphatic carbocycles. The fourth-order valence-electron chi connectivity index (χ4n) is 2.74. The van der Waals surface area contributed by atoms with Crippen LogP contribution in [0.4, 0.5) is 0 Å². The molecule has 25 heavy (non-hydrogen) atoms. The lowest BCUT2D eigenvalue weighted by Gasteiger charge is -2.01. The Morgan fingerprint density at radius 1 is 0.760 bits per heavy atom. The van der Waals surface area contributed by atoms with E-state index in [0.717, 1.165) is 35.5 Å². The van der Waals surface area contributed by atoms with Crippen LogP contribution < -0.4 is 11.1 Å². The van der Waals surface area contributed by atoms with Crippen LogP contribution in [0.25, 0.3) is 20.2 Å². The summed E-state index contributed by atoms with van der Waals surface area (Å²) in [4.78, 5) is 24.9. The molecule has 2 heterocycles. The molecule has 0 aliphatic heterocycles. The van der Waals surface area contributed by atoms with Crippen molar-refractivity contribution < 1.29 is 0 Å². The Kier molecular flexibility index (Phi) is 4.70. The largest absolute Gasteiger partial charge is 0.268 e. The molecule has 0 atom stereocenters. The number of rotatable bonds is 4. The lowest BCUT2D eigenvalue weighted by molar-refractivity contribution is 0.597. The predicted octanol–water partition coefficient (Wildman–Crippen LogP) is 5.05. The van der Waals surface area contributed by atoms with E-state index in [1.165, 1.54) is 23.1 Å². The summed E-state index contributed by atoms with van der Waals surface area (Å²) in [5, 5.41) is 1.48. The summed E-state index contributed by atoms with van der Waals surface area (Å²) in [6.45, 7) is 1.22. The molecular formula is C17H12Br2N2O2S2. The summed E-state index contributed by atoms with van der Waals surface area (Å²) in [5.74, 6) is 0. The Balaban J connectivity index is 1.55. The van der Waals surface area contributed by atoms with E-state index in [2.05, 4.69) is 31.9 Å². The van der Waals surface area contributed by atoms with E-state index in [9.17, 15) is 9.59 Å². The molecule has 0 unspecified atom stereocenters. The predicted molar refractivity (Wildman–Crippen MR) is 112 cm³/mol. The van der Waals surface area contributed by atoms with Crippen molar-refractivity contribution in [3.05, 3.63) is 66.1 Å². The highest BCUT2D eigenvalue weighted by Gasteiger charge is 2.10. The number of fused-ring (bicyclic) bond motifs is 2. The van der Waals surface area contributed by atoms with Gasteiger partial charge in [-0.3, -0.25) is 17.5 Å². The molecule has 8 heteroatoms. The van der Waals surface area contributed by atoms with Gasteiger partial charge in [-0.05, 0) is 42.8 Å². The minimum Gasteiger partial charge on any atom is -0.268 e. The van der Waals surface area contributed by atoms with Crippen LogP contribution in [0.3, 0.4) is 0 Å². The van der Waals surface area contributed by atoms with Crippen molar-refractivity contribution in [3.8, 4) is 0 Å². The third-order valence-electron chi connectivity index (χ3n) is 3.94.